The Morgan fingerprint density at radius 1 is 1.47 bits per heavy atom. The Hall–Kier alpha value is -0.900. The number of morpholine rings is 1. The van der Waals surface area contributed by atoms with Gasteiger partial charge in [-0.15, -0.1) is 0 Å². The molecule has 1 heterocycles. The van der Waals surface area contributed by atoms with Crippen molar-refractivity contribution in [3.05, 3.63) is 34.9 Å². The lowest BCUT2D eigenvalue weighted by molar-refractivity contribution is 0.0195. The van der Waals surface area contributed by atoms with Crippen LogP contribution in [0.4, 0.5) is 0 Å². The lowest BCUT2D eigenvalue weighted by Crippen LogP contribution is -2.40. The molecule has 0 aromatic heterocycles. The Labute approximate surface area is 103 Å². The standard InChI is InChI=1S/C14H22N2O/c1-10-3-4-11(2)13(7-10)14(15)8-12-9-16-5-6-17-12/h3-4,7,12,14,16H,5-6,8-9,15H2,1-2H3. The Morgan fingerprint density at radius 2 is 2.29 bits per heavy atom. The van der Waals surface area contributed by atoms with Crippen LogP contribution < -0.4 is 11.1 Å². The minimum Gasteiger partial charge on any atom is -0.376 e. The first kappa shape index (κ1) is 12.6. The molecule has 94 valence electrons. The van der Waals surface area contributed by atoms with E-state index in [1.807, 2.05) is 0 Å². The highest BCUT2D eigenvalue weighted by Gasteiger charge is 2.19. The van der Waals surface area contributed by atoms with E-state index in [1.54, 1.807) is 0 Å². The zero-order chi connectivity index (χ0) is 12.3. The summed E-state index contributed by atoms with van der Waals surface area (Å²) < 4.78 is 5.70. The van der Waals surface area contributed by atoms with Gasteiger partial charge in [-0.3, -0.25) is 0 Å². The second-order valence-electron chi connectivity index (χ2n) is 4.90. The van der Waals surface area contributed by atoms with Gasteiger partial charge in [-0.05, 0) is 31.4 Å². The van der Waals surface area contributed by atoms with Crippen LogP contribution in [-0.4, -0.2) is 25.8 Å². The zero-order valence-electron chi connectivity index (χ0n) is 10.7. The molecular weight excluding hydrogens is 212 g/mol. The van der Waals surface area contributed by atoms with Crippen molar-refractivity contribution < 1.29 is 4.74 Å². The second-order valence-corrected chi connectivity index (χ2v) is 4.90. The summed E-state index contributed by atoms with van der Waals surface area (Å²) in [6.07, 6.45) is 1.13. The number of hydrogen-bond donors (Lipinski definition) is 2. The first-order valence-electron chi connectivity index (χ1n) is 6.32. The Balaban J connectivity index is 2.02. The minimum atomic E-state index is 0.0693. The van der Waals surface area contributed by atoms with Crippen LogP contribution in [0.5, 0.6) is 0 Å². The van der Waals surface area contributed by atoms with Crippen molar-refractivity contribution in [2.24, 2.45) is 5.73 Å². The van der Waals surface area contributed by atoms with Crippen LogP contribution in [0, 0.1) is 13.8 Å². The molecule has 3 nitrogen and oxygen atoms in total. The van der Waals surface area contributed by atoms with Crippen LogP contribution in [0.15, 0.2) is 18.2 Å². The molecular formula is C14H22N2O. The summed E-state index contributed by atoms with van der Waals surface area (Å²) in [5.74, 6) is 0. The normalized spacial score (nSPS) is 22.4. The summed E-state index contributed by atoms with van der Waals surface area (Å²) in [7, 11) is 0. The van der Waals surface area contributed by atoms with Gasteiger partial charge >= 0.3 is 0 Å². The van der Waals surface area contributed by atoms with E-state index < -0.39 is 0 Å². The van der Waals surface area contributed by atoms with Gasteiger partial charge < -0.3 is 15.8 Å². The molecule has 1 aromatic rings. The fraction of sp³-hybridized carbons (Fsp3) is 0.571. The highest BCUT2D eigenvalue weighted by atomic mass is 16.5. The van der Waals surface area contributed by atoms with E-state index in [0.29, 0.717) is 0 Å². The monoisotopic (exact) mass is 234 g/mol. The van der Waals surface area contributed by atoms with Gasteiger partial charge in [-0.2, -0.15) is 0 Å². The summed E-state index contributed by atoms with van der Waals surface area (Å²) in [5, 5.41) is 3.34. The van der Waals surface area contributed by atoms with Gasteiger partial charge in [-0.1, -0.05) is 23.8 Å². The quantitative estimate of drug-likeness (QED) is 0.836. The van der Waals surface area contributed by atoms with Gasteiger partial charge in [-0.25, -0.2) is 0 Å². The van der Waals surface area contributed by atoms with Gasteiger partial charge in [0.25, 0.3) is 0 Å². The molecule has 1 fully saturated rings. The third-order valence-corrected chi connectivity index (χ3v) is 3.36. The summed E-state index contributed by atoms with van der Waals surface area (Å²) in [6, 6.07) is 6.53. The lowest BCUT2D eigenvalue weighted by Gasteiger charge is -2.26. The van der Waals surface area contributed by atoms with Crippen LogP contribution in [0.3, 0.4) is 0 Å². The van der Waals surface area contributed by atoms with Crippen LogP contribution >= 0.6 is 0 Å². The molecule has 0 spiro atoms. The smallest absolute Gasteiger partial charge is 0.0718 e. The number of hydrogen-bond acceptors (Lipinski definition) is 3. The molecule has 0 aliphatic carbocycles. The maximum Gasteiger partial charge on any atom is 0.0718 e. The lowest BCUT2D eigenvalue weighted by atomic mass is 9.95. The van der Waals surface area contributed by atoms with Crippen LogP contribution in [-0.2, 0) is 4.74 Å². The Morgan fingerprint density at radius 3 is 3.00 bits per heavy atom. The Bertz CT molecular complexity index is 372. The molecule has 0 radical (unpaired) electrons. The molecule has 2 rings (SSSR count). The van der Waals surface area contributed by atoms with Gasteiger partial charge in [0.05, 0.1) is 12.7 Å². The molecule has 1 aliphatic rings. The van der Waals surface area contributed by atoms with E-state index in [9.17, 15) is 0 Å². The Kier molecular flexibility index (Phi) is 4.15. The molecule has 1 aromatic carbocycles. The second kappa shape index (κ2) is 5.63. The average molecular weight is 234 g/mol. The number of aryl methyl sites for hydroxylation is 2. The van der Waals surface area contributed by atoms with E-state index >= 15 is 0 Å². The molecule has 2 unspecified atom stereocenters. The molecule has 2 atom stereocenters. The highest BCUT2D eigenvalue weighted by Crippen LogP contribution is 2.22. The molecule has 3 heteroatoms. The third kappa shape index (κ3) is 3.28. The molecule has 1 aliphatic heterocycles. The zero-order valence-corrected chi connectivity index (χ0v) is 10.7. The largest absolute Gasteiger partial charge is 0.376 e. The summed E-state index contributed by atoms with van der Waals surface area (Å²) in [4.78, 5) is 0. The minimum absolute atomic E-state index is 0.0693. The van der Waals surface area contributed by atoms with E-state index in [0.717, 1.165) is 26.1 Å². The predicted octanol–water partition coefficient (Wildman–Crippen LogP) is 1.68. The summed E-state index contributed by atoms with van der Waals surface area (Å²) in [5.41, 5.74) is 10.1. The van der Waals surface area contributed by atoms with Crippen molar-refractivity contribution in [3.8, 4) is 0 Å². The number of nitrogens with one attached hydrogen (secondary N) is 1. The SMILES string of the molecule is Cc1ccc(C)c(C(N)CC2CNCCO2)c1. The van der Waals surface area contributed by atoms with Crippen molar-refractivity contribution in [2.45, 2.75) is 32.4 Å². The van der Waals surface area contributed by atoms with Crippen LogP contribution in [0.25, 0.3) is 0 Å². The van der Waals surface area contributed by atoms with Gasteiger partial charge in [0.15, 0.2) is 0 Å². The van der Waals surface area contributed by atoms with Gasteiger partial charge in [0, 0.05) is 19.1 Å². The maximum absolute atomic E-state index is 6.29. The van der Waals surface area contributed by atoms with Gasteiger partial charge in [0.2, 0.25) is 0 Å². The number of rotatable bonds is 3. The number of nitrogens with two attached hydrogens (primary N) is 1. The van der Waals surface area contributed by atoms with Crippen molar-refractivity contribution in [3.63, 3.8) is 0 Å². The first-order chi connectivity index (χ1) is 8.16. The van der Waals surface area contributed by atoms with E-state index in [4.69, 9.17) is 10.5 Å². The topological polar surface area (TPSA) is 47.3 Å². The molecule has 1 saturated heterocycles. The molecule has 17 heavy (non-hydrogen) atoms. The summed E-state index contributed by atoms with van der Waals surface area (Å²) >= 11 is 0. The molecule has 0 amide bonds. The van der Waals surface area contributed by atoms with E-state index in [2.05, 4.69) is 37.4 Å². The third-order valence-electron chi connectivity index (χ3n) is 3.36. The number of benzene rings is 1. The van der Waals surface area contributed by atoms with Crippen molar-refractivity contribution in [1.82, 2.24) is 5.32 Å². The summed E-state index contributed by atoms with van der Waals surface area (Å²) in [6.45, 7) is 6.89. The molecule has 3 N–H and O–H groups in total. The van der Waals surface area contributed by atoms with Crippen molar-refractivity contribution in [2.75, 3.05) is 19.7 Å². The highest BCUT2D eigenvalue weighted by molar-refractivity contribution is 5.32. The average Bonchev–Trinajstić information content (AvgIpc) is 2.33. The van der Waals surface area contributed by atoms with E-state index in [-0.39, 0.29) is 12.1 Å². The van der Waals surface area contributed by atoms with E-state index in [1.165, 1.54) is 16.7 Å². The fourth-order valence-electron chi connectivity index (χ4n) is 2.34. The fourth-order valence-corrected chi connectivity index (χ4v) is 2.34. The molecule has 0 bridgehead atoms. The van der Waals surface area contributed by atoms with Crippen LogP contribution in [0.2, 0.25) is 0 Å². The van der Waals surface area contributed by atoms with Crippen molar-refractivity contribution in [1.29, 1.82) is 0 Å². The molecule has 0 saturated carbocycles. The van der Waals surface area contributed by atoms with Crippen LogP contribution in [0.1, 0.15) is 29.2 Å². The van der Waals surface area contributed by atoms with Gasteiger partial charge in [0.1, 0.15) is 0 Å². The first-order valence-corrected chi connectivity index (χ1v) is 6.32. The maximum atomic E-state index is 6.29. The van der Waals surface area contributed by atoms with Crippen molar-refractivity contribution >= 4 is 0 Å². The number of ether oxygens (including phenoxy) is 1. The predicted molar refractivity (Wildman–Crippen MR) is 70.1 cm³/mol.